The van der Waals surface area contributed by atoms with Crippen LogP contribution in [0.2, 0.25) is 0 Å². The fourth-order valence-electron chi connectivity index (χ4n) is 1.88. The van der Waals surface area contributed by atoms with E-state index in [1.165, 1.54) is 11.8 Å². The number of likely N-dealkylation sites (tertiary alicyclic amines) is 1. The Bertz CT molecular complexity index is 372. The van der Waals surface area contributed by atoms with Crippen molar-refractivity contribution in [3.8, 4) is 0 Å². The largest absolute Gasteiger partial charge is 0.396 e. The van der Waals surface area contributed by atoms with Gasteiger partial charge in [0.15, 0.2) is 0 Å². The number of nitrogens with zero attached hydrogens (tertiary/aromatic N) is 2. The minimum Gasteiger partial charge on any atom is -0.396 e. The second kappa shape index (κ2) is 6.02. The molecule has 1 aromatic rings. The summed E-state index contributed by atoms with van der Waals surface area (Å²) in [5.41, 5.74) is 0. The van der Waals surface area contributed by atoms with Crippen molar-refractivity contribution in [2.24, 2.45) is 5.92 Å². The first-order valence-corrected chi connectivity index (χ1v) is 6.69. The molecule has 0 bridgehead atoms. The Balaban J connectivity index is 1.78. The Morgan fingerprint density at radius 3 is 2.94 bits per heavy atom. The number of aromatic nitrogens is 1. The van der Waals surface area contributed by atoms with Crippen LogP contribution in [0, 0.1) is 5.92 Å². The Morgan fingerprint density at radius 1 is 1.53 bits per heavy atom. The third-order valence-corrected chi connectivity index (χ3v) is 3.91. The number of pyridine rings is 1. The lowest BCUT2D eigenvalue weighted by atomic mass is 10.1. The van der Waals surface area contributed by atoms with Gasteiger partial charge < -0.3 is 10.0 Å². The minimum absolute atomic E-state index is 0.155. The number of carbonyl (C=O) groups excluding carboxylic acids is 1. The van der Waals surface area contributed by atoms with Gasteiger partial charge in [0.05, 0.1) is 5.75 Å². The molecule has 0 aromatic carbocycles. The second-order valence-electron chi connectivity index (χ2n) is 4.15. The molecular formula is C12H16N2O2S. The molecule has 2 rings (SSSR count). The standard InChI is InChI=1S/C12H16N2O2S/c15-8-10-3-6-14(7-10)12(16)9-17-11-1-4-13-5-2-11/h1-2,4-5,10,15H,3,6-9H2. The zero-order valence-corrected chi connectivity index (χ0v) is 10.4. The van der Waals surface area contributed by atoms with Crippen LogP contribution < -0.4 is 0 Å². The molecular weight excluding hydrogens is 236 g/mol. The molecule has 92 valence electrons. The quantitative estimate of drug-likeness (QED) is 0.813. The molecule has 1 aliphatic rings. The zero-order valence-electron chi connectivity index (χ0n) is 9.58. The molecule has 5 heteroatoms. The zero-order chi connectivity index (χ0) is 12.1. The van der Waals surface area contributed by atoms with Crippen LogP contribution in [0.5, 0.6) is 0 Å². The number of rotatable bonds is 4. The van der Waals surface area contributed by atoms with Crippen molar-refractivity contribution >= 4 is 17.7 Å². The average molecular weight is 252 g/mol. The van der Waals surface area contributed by atoms with E-state index in [0.717, 1.165) is 17.9 Å². The van der Waals surface area contributed by atoms with Crippen molar-refractivity contribution in [3.63, 3.8) is 0 Å². The lowest BCUT2D eigenvalue weighted by Gasteiger charge is -2.15. The number of carbonyl (C=O) groups is 1. The predicted molar refractivity (Wildman–Crippen MR) is 66.7 cm³/mol. The molecule has 2 heterocycles. The normalized spacial score (nSPS) is 19.6. The van der Waals surface area contributed by atoms with Gasteiger partial charge in [-0.15, -0.1) is 11.8 Å². The molecule has 1 fully saturated rings. The Morgan fingerprint density at radius 2 is 2.29 bits per heavy atom. The molecule has 0 radical (unpaired) electrons. The number of hydrogen-bond acceptors (Lipinski definition) is 4. The Labute approximate surface area is 105 Å². The van der Waals surface area contributed by atoms with E-state index in [2.05, 4.69) is 4.98 Å². The Hall–Kier alpha value is -1.07. The SMILES string of the molecule is O=C(CSc1ccncc1)N1CCC(CO)C1. The van der Waals surface area contributed by atoms with Gasteiger partial charge in [0.1, 0.15) is 0 Å². The van der Waals surface area contributed by atoms with Crippen molar-refractivity contribution in [3.05, 3.63) is 24.5 Å². The summed E-state index contributed by atoms with van der Waals surface area (Å²) in [4.78, 5) is 18.7. The van der Waals surface area contributed by atoms with Gasteiger partial charge in [0, 0.05) is 42.9 Å². The van der Waals surface area contributed by atoms with Crippen LogP contribution in [0.3, 0.4) is 0 Å². The van der Waals surface area contributed by atoms with Gasteiger partial charge in [0.25, 0.3) is 0 Å². The highest BCUT2D eigenvalue weighted by Gasteiger charge is 2.25. The maximum atomic E-state index is 11.9. The molecule has 4 nitrogen and oxygen atoms in total. The van der Waals surface area contributed by atoms with Crippen molar-refractivity contribution < 1.29 is 9.90 Å². The number of thioether (sulfide) groups is 1. The summed E-state index contributed by atoms with van der Waals surface area (Å²) in [5.74, 6) is 0.884. The number of aliphatic hydroxyl groups excluding tert-OH is 1. The van der Waals surface area contributed by atoms with E-state index in [1.807, 2.05) is 17.0 Å². The molecule has 1 aliphatic heterocycles. The van der Waals surface area contributed by atoms with Gasteiger partial charge in [-0.05, 0) is 18.6 Å². The first-order chi connectivity index (χ1) is 8.29. The van der Waals surface area contributed by atoms with Gasteiger partial charge in [-0.25, -0.2) is 0 Å². The maximum Gasteiger partial charge on any atom is 0.232 e. The summed E-state index contributed by atoms with van der Waals surface area (Å²) in [7, 11) is 0. The topological polar surface area (TPSA) is 53.4 Å². The molecule has 1 unspecified atom stereocenters. The van der Waals surface area contributed by atoms with E-state index in [0.29, 0.717) is 12.3 Å². The van der Waals surface area contributed by atoms with Crippen molar-refractivity contribution in [2.75, 3.05) is 25.4 Å². The lowest BCUT2D eigenvalue weighted by Crippen LogP contribution is -2.30. The van der Waals surface area contributed by atoms with Crippen molar-refractivity contribution in [1.29, 1.82) is 0 Å². The van der Waals surface area contributed by atoms with Gasteiger partial charge >= 0.3 is 0 Å². The van der Waals surface area contributed by atoms with Crippen LogP contribution in [0.25, 0.3) is 0 Å². The molecule has 1 aromatic heterocycles. The summed E-state index contributed by atoms with van der Waals surface area (Å²) in [6, 6.07) is 3.80. The molecule has 0 aliphatic carbocycles. The summed E-state index contributed by atoms with van der Waals surface area (Å²) in [5, 5.41) is 9.02. The fraction of sp³-hybridized carbons (Fsp3) is 0.500. The molecule has 1 saturated heterocycles. The van der Waals surface area contributed by atoms with Crippen LogP contribution in [0.1, 0.15) is 6.42 Å². The van der Waals surface area contributed by atoms with E-state index in [1.54, 1.807) is 12.4 Å². The molecule has 1 N–H and O–H groups in total. The minimum atomic E-state index is 0.155. The maximum absolute atomic E-state index is 11.9. The first kappa shape index (κ1) is 12.4. The molecule has 17 heavy (non-hydrogen) atoms. The van der Waals surface area contributed by atoms with Crippen LogP contribution in [0.4, 0.5) is 0 Å². The van der Waals surface area contributed by atoms with E-state index in [4.69, 9.17) is 5.11 Å². The highest BCUT2D eigenvalue weighted by atomic mass is 32.2. The number of hydrogen-bond donors (Lipinski definition) is 1. The molecule has 0 spiro atoms. The molecule has 1 atom stereocenters. The van der Waals surface area contributed by atoms with Crippen LogP contribution in [-0.4, -0.2) is 46.3 Å². The third kappa shape index (κ3) is 3.44. The van der Waals surface area contributed by atoms with Crippen LogP contribution in [0.15, 0.2) is 29.4 Å². The highest BCUT2D eigenvalue weighted by molar-refractivity contribution is 8.00. The van der Waals surface area contributed by atoms with Crippen molar-refractivity contribution in [2.45, 2.75) is 11.3 Å². The highest BCUT2D eigenvalue weighted by Crippen LogP contribution is 2.20. The monoisotopic (exact) mass is 252 g/mol. The lowest BCUT2D eigenvalue weighted by molar-refractivity contribution is -0.127. The van der Waals surface area contributed by atoms with Crippen LogP contribution >= 0.6 is 11.8 Å². The van der Waals surface area contributed by atoms with Gasteiger partial charge in [0.2, 0.25) is 5.91 Å². The smallest absolute Gasteiger partial charge is 0.232 e. The summed E-state index contributed by atoms with van der Waals surface area (Å²) < 4.78 is 0. The second-order valence-corrected chi connectivity index (χ2v) is 5.20. The molecule has 0 saturated carbocycles. The third-order valence-electron chi connectivity index (χ3n) is 2.91. The van der Waals surface area contributed by atoms with E-state index in [-0.39, 0.29) is 18.4 Å². The Kier molecular flexibility index (Phi) is 4.39. The summed E-state index contributed by atoms with van der Waals surface area (Å²) >= 11 is 1.53. The van der Waals surface area contributed by atoms with Gasteiger partial charge in [-0.3, -0.25) is 9.78 Å². The average Bonchev–Trinajstić information content (AvgIpc) is 2.86. The first-order valence-electron chi connectivity index (χ1n) is 5.71. The summed E-state index contributed by atoms with van der Waals surface area (Å²) in [6.45, 7) is 1.66. The number of aliphatic hydroxyl groups is 1. The fourth-order valence-corrected chi connectivity index (χ4v) is 2.67. The summed E-state index contributed by atoms with van der Waals surface area (Å²) in [6.07, 6.45) is 4.37. The van der Waals surface area contributed by atoms with E-state index >= 15 is 0 Å². The predicted octanol–water partition coefficient (Wildman–Crippen LogP) is 1.01. The van der Waals surface area contributed by atoms with Gasteiger partial charge in [-0.2, -0.15) is 0 Å². The van der Waals surface area contributed by atoms with E-state index < -0.39 is 0 Å². The van der Waals surface area contributed by atoms with E-state index in [9.17, 15) is 4.79 Å². The number of amides is 1. The van der Waals surface area contributed by atoms with Gasteiger partial charge in [-0.1, -0.05) is 0 Å². The molecule has 1 amide bonds. The van der Waals surface area contributed by atoms with Crippen molar-refractivity contribution in [1.82, 2.24) is 9.88 Å². The van der Waals surface area contributed by atoms with Crippen LogP contribution in [-0.2, 0) is 4.79 Å².